The fourth-order valence-electron chi connectivity index (χ4n) is 1.58. The summed E-state index contributed by atoms with van der Waals surface area (Å²) in [7, 11) is 0. The molecular formula is C12H22N2S. The van der Waals surface area contributed by atoms with Crippen LogP contribution in [0.5, 0.6) is 0 Å². The van der Waals surface area contributed by atoms with Gasteiger partial charge in [-0.2, -0.15) is 0 Å². The van der Waals surface area contributed by atoms with E-state index in [-0.39, 0.29) is 5.54 Å². The molecule has 15 heavy (non-hydrogen) atoms. The van der Waals surface area contributed by atoms with Gasteiger partial charge in [0.15, 0.2) is 0 Å². The van der Waals surface area contributed by atoms with Gasteiger partial charge < -0.3 is 5.73 Å². The minimum absolute atomic E-state index is 0.133. The first-order chi connectivity index (χ1) is 6.86. The number of thiazole rings is 1. The van der Waals surface area contributed by atoms with E-state index in [2.05, 4.69) is 39.6 Å². The van der Waals surface area contributed by atoms with Gasteiger partial charge in [-0.3, -0.25) is 0 Å². The van der Waals surface area contributed by atoms with Crippen LogP contribution in [0.3, 0.4) is 0 Å². The van der Waals surface area contributed by atoms with E-state index in [4.69, 9.17) is 5.73 Å². The monoisotopic (exact) mass is 226 g/mol. The molecule has 0 saturated carbocycles. The van der Waals surface area contributed by atoms with E-state index in [1.54, 1.807) is 11.3 Å². The molecule has 1 heterocycles. The fourth-order valence-corrected chi connectivity index (χ4v) is 2.69. The maximum atomic E-state index is 6.33. The molecule has 1 aromatic rings. The maximum Gasteiger partial charge on any atom is 0.0949 e. The summed E-state index contributed by atoms with van der Waals surface area (Å²) in [5.74, 6) is 0.530. The van der Waals surface area contributed by atoms with E-state index in [0.29, 0.717) is 5.92 Å². The second-order valence-electron chi connectivity index (χ2n) is 4.74. The van der Waals surface area contributed by atoms with Gasteiger partial charge in [-0.15, -0.1) is 11.3 Å². The normalized spacial score (nSPS) is 17.5. The van der Waals surface area contributed by atoms with Gasteiger partial charge in [-0.1, -0.05) is 20.3 Å². The smallest absolute Gasteiger partial charge is 0.0949 e. The van der Waals surface area contributed by atoms with Crippen molar-refractivity contribution in [1.29, 1.82) is 0 Å². The van der Waals surface area contributed by atoms with Crippen LogP contribution in [0.1, 0.15) is 42.8 Å². The molecule has 2 unspecified atom stereocenters. The van der Waals surface area contributed by atoms with Crippen LogP contribution < -0.4 is 5.73 Å². The van der Waals surface area contributed by atoms with Gasteiger partial charge in [0.25, 0.3) is 0 Å². The molecule has 0 radical (unpaired) electrons. The Morgan fingerprint density at radius 2 is 2.07 bits per heavy atom. The predicted molar refractivity (Wildman–Crippen MR) is 67.3 cm³/mol. The minimum atomic E-state index is -0.133. The summed E-state index contributed by atoms with van der Waals surface area (Å²) in [5.41, 5.74) is 7.34. The number of hydrogen-bond acceptors (Lipinski definition) is 3. The Morgan fingerprint density at radius 1 is 1.47 bits per heavy atom. The van der Waals surface area contributed by atoms with Gasteiger partial charge in [-0.25, -0.2) is 4.98 Å². The topological polar surface area (TPSA) is 38.9 Å². The second-order valence-corrected chi connectivity index (χ2v) is 6.03. The van der Waals surface area contributed by atoms with Gasteiger partial charge in [-0.05, 0) is 26.7 Å². The Morgan fingerprint density at radius 3 is 2.47 bits per heavy atom. The Labute approximate surface area is 96.9 Å². The molecule has 0 aliphatic heterocycles. The van der Waals surface area contributed by atoms with Crippen LogP contribution in [0.4, 0.5) is 0 Å². The highest BCUT2D eigenvalue weighted by Crippen LogP contribution is 2.25. The zero-order valence-corrected chi connectivity index (χ0v) is 11.2. The number of aromatic nitrogens is 1. The van der Waals surface area contributed by atoms with Crippen molar-refractivity contribution in [3.63, 3.8) is 0 Å². The van der Waals surface area contributed by atoms with Gasteiger partial charge in [0.05, 0.1) is 10.7 Å². The molecule has 0 aromatic carbocycles. The second kappa shape index (κ2) is 4.62. The first-order valence-corrected chi connectivity index (χ1v) is 6.40. The number of hydrogen-bond donors (Lipinski definition) is 1. The van der Waals surface area contributed by atoms with Crippen molar-refractivity contribution in [2.24, 2.45) is 11.7 Å². The average molecular weight is 226 g/mol. The van der Waals surface area contributed by atoms with Crippen molar-refractivity contribution < 1.29 is 0 Å². The van der Waals surface area contributed by atoms with Crippen molar-refractivity contribution in [2.45, 2.75) is 53.0 Å². The summed E-state index contributed by atoms with van der Waals surface area (Å²) >= 11 is 1.78. The highest BCUT2D eigenvalue weighted by Gasteiger charge is 2.26. The highest BCUT2D eigenvalue weighted by atomic mass is 32.1. The van der Waals surface area contributed by atoms with Crippen molar-refractivity contribution in [3.05, 3.63) is 15.6 Å². The summed E-state index contributed by atoms with van der Waals surface area (Å²) in [4.78, 5) is 5.86. The molecule has 0 fully saturated rings. The Kier molecular flexibility index (Phi) is 3.90. The summed E-state index contributed by atoms with van der Waals surface area (Å²) in [5, 5.41) is 1.18. The van der Waals surface area contributed by atoms with Crippen LogP contribution in [0, 0.1) is 19.8 Å². The molecule has 0 amide bonds. The van der Waals surface area contributed by atoms with Crippen molar-refractivity contribution in [3.8, 4) is 0 Å². The van der Waals surface area contributed by atoms with Crippen molar-refractivity contribution in [1.82, 2.24) is 4.98 Å². The van der Waals surface area contributed by atoms with E-state index in [1.165, 1.54) is 9.88 Å². The van der Waals surface area contributed by atoms with E-state index in [9.17, 15) is 0 Å². The van der Waals surface area contributed by atoms with Gasteiger partial charge in [0.1, 0.15) is 0 Å². The summed E-state index contributed by atoms with van der Waals surface area (Å²) in [6, 6.07) is 0. The lowest BCUT2D eigenvalue weighted by molar-refractivity contribution is 0.306. The van der Waals surface area contributed by atoms with Crippen LogP contribution in [-0.4, -0.2) is 10.5 Å². The zero-order valence-electron chi connectivity index (χ0n) is 10.4. The van der Waals surface area contributed by atoms with Crippen molar-refractivity contribution >= 4 is 11.3 Å². The van der Waals surface area contributed by atoms with Crippen LogP contribution in [0.15, 0.2) is 0 Å². The summed E-state index contributed by atoms with van der Waals surface area (Å²) < 4.78 is 0. The standard InChI is InChI=1S/C12H22N2S/c1-6-8(2)12(5,13)7-11-14-9(3)10(4)15-11/h8H,6-7,13H2,1-5H3. The van der Waals surface area contributed by atoms with E-state index >= 15 is 0 Å². The van der Waals surface area contributed by atoms with Crippen molar-refractivity contribution in [2.75, 3.05) is 0 Å². The lowest BCUT2D eigenvalue weighted by atomic mass is 9.83. The first kappa shape index (κ1) is 12.7. The summed E-state index contributed by atoms with van der Waals surface area (Å²) in [6.45, 7) is 10.7. The molecular weight excluding hydrogens is 204 g/mol. The van der Waals surface area contributed by atoms with Crippen LogP contribution in [0.25, 0.3) is 0 Å². The summed E-state index contributed by atoms with van der Waals surface area (Å²) in [6.07, 6.45) is 2.01. The fraction of sp³-hybridized carbons (Fsp3) is 0.750. The molecule has 2 nitrogen and oxygen atoms in total. The first-order valence-electron chi connectivity index (χ1n) is 5.58. The number of rotatable bonds is 4. The number of aryl methyl sites for hydroxylation is 2. The molecule has 0 aliphatic rings. The van der Waals surface area contributed by atoms with Gasteiger partial charge in [0.2, 0.25) is 0 Å². The Bertz CT molecular complexity index is 309. The average Bonchev–Trinajstić information content (AvgIpc) is 2.43. The SMILES string of the molecule is CCC(C)C(C)(N)Cc1nc(C)c(C)s1. The van der Waals surface area contributed by atoms with E-state index < -0.39 is 0 Å². The molecule has 1 rings (SSSR count). The number of nitrogens with two attached hydrogens (primary N) is 1. The van der Waals surface area contributed by atoms with Gasteiger partial charge in [0, 0.05) is 16.8 Å². The molecule has 0 spiro atoms. The molecule has 0 saturated heterocycles. The third kappa shape index (κ3) is 3.02. The third-order valence-corrected chi connectivity index (χ3v) is 4.42. The van der Waals surface area contributed by atoms with E-state index in [1.807, 2.05) is 0 Å². The van der Waals surface area contributed by atoms with E-state index in [0.717, 1.165) is 18.5 Å². The van der Waals surface area contributed by atoms with Gasteiger partial charge >= 0.3 is 0 Å². The predicted octanol–water partition coefficient (Wildman–Crippen LogP) is 3.07. The Balaban J connectivity index is 2.76. The molecule has 2 N–H and O–H groups in total. The lowest BCUT2D eigenvalue weighted by Crippen LogP contribution is -2.44. The zero-order chi connectivity index (χ0) is 11.6. The minimum Gasteiger partial charge on any atom is -0.325 e. The largest absolute Gasteiger partial charge is 0.325 e. The van der Waals surface area contributed by atoms with Crippen LogP contribution in [0.2, 0.25) is 0 Å². The molecule has 0 aliphatic carbocycles. The highest BCUT2D eigenvalue weighted by molar-refractivity contribution is 7.11. The molecule has 86 valence electrons. The molecule has 0 bridgehead atoms. The lowest BCUT2D eigenvalue weighted by Gasteiger charge is -2.30. The molecule has 2 atom stereocenters. The van der Waals surface area contributed by atoms with Crippen LogP contribution >= 0.6 is 11.3 Å². The maximum absolute atomic E-state index is 6.33. The third-order valence-electron chi connectivity index (χ3n) is 3.34. The van der Waals surface area contributed by atoms with Crippen LogP contribution in [-0.2, 0) is 6.42 Å². The Hall–Kier alpha value is -0.410. The number of nitrogens with zero attached hydrogens (tertiary/aromatic N) is 1. The quantitative estimate of drug-likeness (QED) is 0.857. The molecule has 1 aromatic heterocycles. The molecule has 3 heteroatoms.